The molecule has 1 aliphatic heterocycles. The van der Waals surface area contributed by atoms with Crippen molar-refractivity contribution in [1.29, 1.82) is 0 Å². The van der Waals surface area contributed by atoms with Crippen LogP contribution in [0.5, 0.6) is 0 Å². The summed E-state index contributed by atoms with van der Waals surface area (Å²) >= 11 is 0. The van der Waals surface area contributed by atoms with Gasteiger partial charge in [0.25, 0.3) is 0 Å². The van der Waals surface area contributed by atoms with E-state index >= 15 is 0 Å². The maximum absolute atomic E-state index is 9.30. The van der Waals surface area contributed by atoms with Crippen LogP contribution in [0.3, 0.4) is 0 Å². The topological polar surface area (TPSA) is 32.3 Å². The predicted octanol–water partition coefficient (Wildman–Crippen LogP) is 2.17. The van der Waals surface area contributed by atoms with Gasteiger partial charge in [-0.05, 0) is 44.1 Å². The van der Waals surface area contributed by atoms with E-state index in [1.165, 1.54) is 12.8 Å². The lowest BCUT2D eigenvalue weighted by Crippen LogP contribution is -2.51. The zero-order valence-corrected chi connectivity index (χ0v) is 10.1. The highest BCUT2D eigenvalue weighted by Crippen LogP contribution is 2.33. The molecule has 0 saturated carbocycles. The SMILES string of the molecule is CC(C)(C)CC1CCNC(C)(CO)C1. The Balaban J connectivity index is 2.48. The van der Waals surface area contributed by atoms with Crippen molar-refractivity contribution in [3.8, 4) is 0 Å². The summed E-state index contributed by atoms with van der Waals surface area (Å²) in [4.78, 5) is 0. The quantitative estimate of drug-likeness (QED) is 0.714. The van der Waals surface area contributed by atoms with Crippen LogP contribution in [0.25, 0.3) is 0 Å². The van der Waals surface area contributed by atoms with Crippen LogP contribution in [0.1, 0.15) is 47.0 Å². The van der Waals surface area contributed by atoms with E-state index in [4.69, 9.17) is 0 Å². The number of rotatable bonds is 2. The summed E-state index contributed by atoms with van der Waals surface area (Å²) in [7, 11) is 0. The van der Waals surface area contributed by atoms with E-state index in [2.05, 4.69) is 33.0 Å². The molecule has 0 amide bonds. The molecule has 1 aliphatic rings. The van der Waals surface area contributed by atoms with Crippen molar-refractivity contribution in [1.82, 2.24) is 5.32 Å². The van der Waals surface area contributed by atoms with Crippen LogP contribution in [0.15, 0.2) is 0 Å². The molecule has 0 aromatic carbocycles. The molecule has 2 N–H and O–H groups in total. The Labute approximate surface area is 88.1 Å². The fourth-order valence-electron chi connectivity index (χ4n) is 2.55. The van der Waals surface area contributed by atoms with Crippen LogP contribution in [0.2, 0.25) is 0 Å². The molecule has 84 valence electrons. The molecule has 2 heteroatoms. The number of aliphatic hydroxyl groups is 1. The lowest BCUT2D eigenvalue weighted by molar-refractivity contribution is 0.103. The molecule has 0 aromatic rings. The van der Waals surface area contributed by atoms with Crippen LogP contribution in [0, 0.1) is 11.3 Å². The Hall–Kier alpha value is -0.0800. The summed E-state index contributed by atoms with van der Waals surface area (Å²) in [5, 5.41) is 12.7. The second-order valence-electron chi connectivity index (χ2n) is 6.27. The maximum atomic E-state index is 9.30. The monoisotopic (exact) mass is 199 g/mol. The molecule has 0 spiro atoms. The van der Waals surface area contributed by atoms with Gasteiger partial charge in [0.2, 0.25) is 0 Å². The second kappa shape index (κ2) is 4.19. The first-order chi connectivity index (χ1) is 6.35. The van der Waals surface area contributed by atoms with Gasteiger partial charge in [-0.2, -0.15) is 0 Å². The Morgan fingerprint density at radius 3 is 2.57 bits per heavy atom. The van der Waals surface area contributed by atoms with Crippen molar-refractivity contribution in [3.05, 3.63) is 0 Å². The molecular weight excluding hydrogens is 174 g/mol. The number of hydrogen-bond donors (Lipinski definition) is 2. The van der Waals surface area contributed by atoms with E-state index in [1.807, 2.05) is 0 Å². The molecular formula is C12H25NO. The van der Waals surface area contributed by atoms with E-state index in [-0.39, 0.29) is 12.1 Å². The molecule has 1 rings (SSSR count). The standard InChI is InChI=1S/C12H25NO/c1-11(2,3)7-10-5-6-13-12(4,8-10)9-14/h10,13-14H,5-9H2,1-4H3. The second-order valence-corrected chi connectivity index (χ2v) is 6.27. The minimum atomic E-state index is -0.0336. The van der Waals surface area contributed by atoms with E-state index in [1.54, 1.807) is 0 Å². The third-order valence-electron chi connectivity index (χ3n) is 3.09. The smallest absolute Gasteiger partial charge is 0.0610 e. The number of nitrogens with one attached hydrogen (secondary N) is 1. The van der Waals surface area contributed by atoms with Crippen molar-refractivity contribution >= 4 is 0 Å². The molecule has 2 unspecified atom stereocenters. The zero-order chi connectivity index (χ0) is 10.8. The average molecular weight is 199 g/mol. The molecule has 1 saturated heterocycles. The van der Waals surface area contributed by atoms with E-state index in [0.717, 1.165) is 18.9 Å². The van der Waals surface area contributed by atoms with Crippen molar-refractivity contribution < 1.29 is 5.11 Å². The highest BCUT2D eigenvalue weighted by atomic mass is 16.3. The fraction of sp³-hybridized carbons (Fsp3) is 1.00. The summed E-state index contributed by atoms with van der Waals surface area (Å²) in [6.07, 6.45) is 3.64. The first kappa shape index (κ1) is 12.0. The van der Waals surface area contributed by atoms with Crippen molar-refractivity contribution in [2.75, 3.05) is 13.2 Å². The molecule has 1 heterocycles. The molecule has 1 fully saturated rings. The van der Waals surface area contributed by atoms with Crippen molar-refractivity contribution in [2.24, 2.45) is 11.3 Å². The number of piperidine rings is 1. The van der Waals surface area contributed by atoms with Crippen molar-refractivity contribution in [2.45, 2.75) is 52.5 Å². The van der Waals surface area contributed by atoms with Gasteiger partial charge in [0.1, 0.15) is 0 Å². The van der Waals surface area contributed by atoms with E-state index in [9.17, 15) is 5.11 Å². The Kier molecular flexibility index (Phi) is 3.59. The minimum absolute atomic E-state index is 0.0336. The molecule has 0 aliphatic carbocycles. The van der Waals surface area contributed by atoms with Gasteiger partial charge in [-0.25, -0.2) is 0 Å². The Morgan fingerprint density at radius 2 is 2.07 bits per heavy atom. The third-order valence-corrected chi connectivity index (χ3v) is 3.09. The summed E-state index contributed by atoms with van der Waals surface area (Å²) in [5.41, 5.74) is 0.381. The maximum Gasteiger partial charge on any atom is 0.0610 e. The fourth-order valence-corrected chi connectivity index (χ4v) is 2.55. The summed E-state index contributed by atoms with van der Waals surface area (Å²) < 4.78 is 0. The van der Waals surface area contributed by atoms with Crippen LogP contribution < -0.4 is 5.32 Å². The summed E-state index contributed by atoms with van der Waals surface area (Å²) in [6.45, 7) is 10.3. The lowest BCUT2D eigenvalue weighted by atomic mass is 9.75. The van der Waals surface area contributed by atoms with Gasteiger partial charge in [-0.1, -0.05) is 20.8 Å². The molecule has 0 radical (unpaired) electrons. The molecule has 0 bridgehead atoms. The molecule has 2 atom stereocenters. The Morgan fingerprint density at radius 1 is 1.43 bits per heavy atom. The van der Waals surface area contributed by atoms with Crippen LogP contribution in [0.4, 0.5) is 0 Å². The first-order valence-electron chi connectivity index (χ1n) is 5.71. The van der Waals surface area contributed by atoms with Crippen LogP contribution >= 0.6 is 0 Å². The first-order valence-corrected chi connectivity index (χ1v) is 5.71. The largest absolute Gasteiger partial charge is 0.394 e. The van der Waals surface area contributed by atoms with Crippen molar-refractivity contribution in [3.63, 3.8) is 0 Å². The van der Waals surface area contributed by atoms with Crippen LogP contribution in [-0.2, 0) is 0 Å². The highest BCUT2D eigenvalue weighted by Gasteiger charge is 2.32. The van der Waals surface area contributed by atoms with E-state index in [0.29, 0.717) is 5.41 Å². The number of hydrogen-bond acceptors (Lipinski definition) is 2. The predicted molar refractivity (Wildman–Crippen MR) is 60.3 cm³/mol. The lowest BCUT2D eigenvalue weighted by Gasteiger charge is -2.40. The van der Waals surface area contributed by atoms with Crippen LogP contribution in [-0.4, -0.2) is 23.8 Å². The number of aliphatic hydroxyl groups excluding tert-OH is 1. The molecule has 0 aromatic heterocycles. The Bertz CT molecular complexity index is 185. The van der Waals surface area contributed by atoms with E-state index < -0.39 is 0 Å². The van der Waals surface area contributed by atoms with Gasteiger partial charge in [0.05, 0.1) is 6.61 Å². The van der Waals surface area contributed by atoms with Gasteiger partial charge < -0.3 is 10.4 Å². The van der Waals surface area contributed by atoms with Gasteiger partial charge >= 0.3 is 0 Å². The summed E-state index contributed by atoms with van der Waals surface area (Å²) in [5.74, 6) is 0.772. The van der Waals surface area contributed by atoms with Gasteiger partial charge in [0.15, 0.2) is 0 Å². The normalized spacial score (nSPS) is 34.5. The highest BCUT2D eigenvalue weighted by molar-refractivity contribution is 4.90. The summed E-state index contributed by atoms with van der Waals surface area (Å²) in [6, 6.07) is 0. The molecule has 2 nitrogen and oxygen atoms in total. The van der Waals surface area contributed by atoms with Gasteiger partial charge in [0, 0.05) is 5.54 Å². The third kappa shape index (κ3) is 3.58. The zero-order valence-electron chi connectivity index (χ0n) is 10.1. The molecule has 14 heavy (non-hydrogen) atoms. The average Bonchev–Trinajstić information content (AvgIpc) is 2.01. The van der Waals surface area contributed by atoms with Gasteiger partial charge in [-0.3, -0.25) is 0 Å². The van der Waals surface area contributed by atoms with Gasteiger partial charge in [-0.15, -0.1) is 0 Å². The minimum Gasteiger partial charge on any atom is -0.394 e.